The second kappa shape index (κ2) is 8.48. The number of halogens is 1. The minimum atomic E-state index is -1.91. The second-order valence-corrected chi connectivity index (χ2v) is 14.4. The van der Waals surface area contributed by atoms with Gasteiger partial charge >= 0.3 is 5.69 Å². The minimum absolute atomic E-state index is 0.104. The number of hydrogen-bond acceptors (Lipinski definition) is 6. The Hall–Kier alpha value is -0.143. The van der Waals surface area contributed by atoms with Gasteiger partial charge in [0.15, 0.2) is 8.32 Å². The molecule has 0 amide bonds. The van der Waals surface area contributed by atoms with Gasteiger partial charge in [0.1, 0.15) is 18.4 Å². The van der Waals surface area contributed by atoms with Crippen molar-refractivity contribution in [2.45, 2.75) is 63.8 Å². The number of ether oxygens (including phenoxy) is 1. The predicted octanol–water partition coefficient (Wildman–Crippen LogP) is 3.11. The molecule has 1 aromatic rings. The molecule has 0 saturated carbocycles. The molecule has 1 N–H and O–H groups in total. The maximum Gasteiger partial charge on any atom is 0.330 e. The number of aromatic amines is 1. The monoisotopic (exact) mass is 514 g/mol. The van der Waals surface area contributed by atoms with Crippen LogP contribution in [-0.2, 0) is 13.3 Å². The summed E-state index contributed by atoms with van der Waals surface area (Å²) in [4.78, 5) is 26.1. The quantitative estimate of drug-likeness (QED) is 0.357. The summed E-state index contributed by atoms with van der Waals surface area (Å²) in [7, 11) is -1.91. The maximum atomic E-state index is 12.2. The Kier molecular flexibility index (Phi) is 7.22. The molecule has 1 fully saturated rings. The van der Waals surface area contributed by atoms with E-state index in [9.17, 15) is 9.59 Å². The molecule has 2 rings (SSSR count). The van der Waals surface area contributed by atoms with E-state index in [4.69, 9.17) is 13.3 Å². The Balaban J connectivity index is 2.17. The molecule has 0 aliphatic carbocycles. The number of nitrogens with one attached hydrogen (secondary N) is 1. The molecular formula is C16H27IN2O5SSi. The fourth-order valence-electron chi connectivity index (χ4n) is 2.43. The van der Waals surface area contributed by atoms with Crippen LogP contribution in [-0.4, -0.2) is 42.9 Å². The summed E-state index contributed by atoms with van der Waals surface area (Å²) in [5.41, 5.74) is -0.867. The lowest BCUT2D eigenvalue weighted by Crippen LogP contribution is -2.44. The predicted molar refractivity (Wildman–Crippen MR) is 114 cm³/mol. The van der Waals surface area contributed by atoms with E-state index >= 15 is 0 Å². The minimum Gasteiger partial charge on any atom is -0.414 e. The average Bonchev–Trinajstić information content (AvgIpc) is 2.91. The first kappa shape index (κ1) is 22.1. The highest BCUT2D eigenvalue weighted by Gasteiger charge is 2.42. The van der Waals surface area contributed by atoms with Crippen molar-refractivity contribution in [2.75, 3.05) is 12.9 Å². The van der Waals surface area contributed by atoms with E-state index in [-0.39, 0.29) is 22.8 Å². The van der Waals surface area contributed by atoms with Gasteiger partial charge in [0.2, 0.25) is 0 Å². The maximum absolute atomic E-state index is 12.2. The molecule has 1 unspecified atom stereocenters. The third kappa shape index (κ3) is 5.01. The van der Waals surface area contributed by atoms with Crippen molar-refractivity contribution in [1.82, 2.24) is 9.55 Å². The number of H-pyrrole nitrogens is 1. The van der Waals surface area contributed by atoms with E-state index in [1.807, 2.05) is 28.8 Å². The first-order chi connectivity index (χ1) is 12.0. The molecule has 0 aromatic carbocycles. The van der Waals surface area contributed by atoms with Crippen LogP contribution in [0.2, 0.25) is 18.1 Å². The van der Waals surface area contributed by atoms with E-state index < -0.39 is 20.2 Å². The number of rotatable bonds is 6. The summed E-state index contributed by atoms with van der Waals surface area (Å²) in [6.07, 6.45) is 2.97. The summed E-state index contributed by atoms with van der Waals surface area (Å²) in [6, 6.07) is 0. The van der Waals surface area contributed by atoms with Gasteiger partial charge in [0, 0.05) is 18.9 Å². The van der Waals surface area contributed by atoms with E-state index in [0.717, 1.165) is 0 Å². The Morgan fingerprint density at radius 2 is 2.08 bits per heavy atom. The number of nitrogens with zero attached hydrogens (tertiary/aromatic N) is 1. The van der Waals surface area contributed by atoms with Gasteiger partial charge in [-0.2, -0.15) is 0 Å². The summed E-state index contributed by atoms with van der Waals surface area (Å²) in [6.45, 7) is 11.4. The van der Waals surface area contributed by atoms with E-state index in [1.54, 1.807) is 0 Å². The highest BCUT2D eigenvalue weighted by Crippen LogP contribution is 2.38. The van der Waals surface area contributed by atoms with Gasteiger partial charge in [-0.05, 0) is 52.8 Å². The molecule has 0 radical (unpaired) electrons. The van der Waals surface area contributed by atoms with Crippen molar-refractivity contribution < 1.29 is 13.3 Å². The van der Waals surface area contributed by atoms with E-state index in [0.29, 0.717) is 16.6 Å². The Morgan fingerprint density at radius 1 is 1.42 bits per heavy atom. The van der Waals surface area contributed by atoms with Crippen molar-refractivity contribution in [3.05, 3.63) is 30.6 Å². The fourth-order valence-corrected chi connectivity index (χ4v) is 4.33. The lowest BCUT2D eigenvalue weighted by molar-refractivity contribution is -0.0374. The molecular weight excluding hydrogens is 487 g/mol. The first-order valence-corrected chi connectivity index (χ1v) is 13.6. The lowest BCUT2D eigenvalue weighted by Gasteiger charge is -2.37. The third-order valence-electron chi connectivity index (χ3n) is 5.05. The van der Waals surface area contributed by atoms with Crippen LogP contribution in [0.15, 0.2) is 15.8 Å². The molecule has 26 heavy (non-hydrogen) atoms. The van der Waals surface area contributed by atoms with Gasteiger partial charge in [-0.25, -0.2) is 4.79 Å². The zero-order valence-corrected chi connectivity index (χ0v) is 20.0. The average molecular weight is 514 g/mol. The molecule has 0 spiro atoms. The number of hydrogen-bond donors (Lipinski definition) is 1. The van der Waals surface area contributed by atoms with Crippen LogP contribution in [0.4, 0.5) is 0 Å². The van der Waals surface area contributed by atoms with E-state index in [2.05, 4.69) is 38.8 Å². The molecule has 3 atom stereocenters. The van der Waals surface area contributed by atoms with Crippen molar-refractivity contribution in [3.8, 4) is 0 Å². The SMILES string of the molecule is CSOC1C[C@H](n2cc(I)c(=O)[nH]c2=O)O[C@@H]1CO[Si](C)(C)C(C)(C)C. The van der Waals surface area contributed by atoms with Crippen molar-refractivity contribution in [1.29, 1.82) is 0 Å². The normalized spacial score (nSPS) is 24.2. The van der Waals surface area contributed by atoms with Crippen molar-refractivity contribution in [3.63, 3.8) is 0 Å². The Morgan fingerprint density at radius 3 is 2.65 bits per heavy atom. The standard InChI is InChI=1S/C16H27IN2O5SSi/c1-16(2,3)26(5,6)22-9-12-11(24-25-4)7-13(23-12)19-8-10(17)14(20)18-15(19)21/h8,11-13H,7,9H2,1-6H3,(H,18,20,21)/t11?,12-,13-/m1/s1. The largest absolute Gasteiger partial charge is 0.414 e. The van der Waals surface area contributed by atoms with Crippen LogP contribution >= 0.6 is 34.6 Å². The zero-order chi connectivity index (χ0) is 19.7. The van der Waals surface area contributed by atoms with Crippen LogP contribution in [0.5, 0.6) is 0 Å². The molecule has 1 aliphatic rings. The van der Waals surface area contributed by atoms with Gasteiger partial charge in [0.05, 0.1) is 10.2 Å². The summed E-state index contributed by atoms with van der Waals surface area (Å²) in [5, 5.41) is 0.104. The Labute approximate surface area is 172 Å². The summed E-state index contributed by atoms with van der Waals surface area (Å²) >= 11 is 3.18. The van der Waals surface area contributed by atoms with Crippen molar-refractivity contribution in [2.24, 2.45) is 0 Å². The topological polar surface area (TPSA) is 82.6 Å². The molecule has 1 aromatic heterocycles. The smallest absolute Gasteiger partial charge is 0.330 e. The molecule has 2 heterocycles. The molecule has 1 saturated heterocycles. The van der Waals surface area contributed by atoms with Crippen LogP contribution < -0.4 is 11.2 Å². The van der Waals surface area contributed by atoms with Crippen LogP contribution in [0.3, 0.4) is 0 Å². The highest BCUT2D eigenvalue weighted by molar-refractivity contribution is 14.1. The Bertz CT molecular complexity index is 745. The van der Waals surface area contributed by atoms with Crippen LogP contribution in [0, 0.1) is 3.57 Å². The van der Waals surface area contributed by atoms with Gasteiger partial charge < -0.3 is 13.3 Å². The van der Waals surface area contributed by atoms with Gasteiger partial charge in [-0.1, -0.05) is 20.8 Å². The van der Waals surface area contributed by atoms with Crippen LogP contribution in [0.25, 0.3) is 0 Å². The van der Waals surface area contributed by atoms with Crippen LogP contribution in [0.1, 0.15) is 33.4 Å². The summed E-state index contributed by atoms with van der Waals surface area (Å²) < 4.78 is 20.0. The molecule has 0 bridgehead atoms. The lowest BCUT2D eigenvalue weighted by atomic mass is 10.2. The first-order valence-electron chi connectivity index (χ1n) is 8.46. The zero-order valence-electron chi connectivity index (χ0n) is 16.0. The van der Waals surface area contributed by atoms with Gasteiger partial charge in [-0.15, -0.1) is 0 Å². The second-order valence-electron chi connectivity index (χ2n) is 7.88. The van der Waals surface area contributed by atoms with E-state index in [1.165, 1.54) is 22.8 Å². The molecule has 10 heteroatoms. The highest BCUT2D eigenvalue weighted by atomic mass is 127. The molecule has 148 valence electrons. The van der Waals surface area contributed by atoms with Gasteiger partial charge in [-0.3, -0.25) is 14.3 Å². The third-order valence-corrected chi connectivity index (χ3v) is 10.8. The summed E-state index contributed by atoms with van der Waals surface area (Å²) in [5.74, 6) is 0. The fraction of sp³-hybridized carbons (Fsp3) is 0.750. The molecule has 1 aliphatic heterocycles. The number of aromatic nitrogens is 2. The molecule has 7 nitrogen and oxygen atoms in total. The van der Waals surface area contributed by atoms with Gasteiger partial charge in [0.25, 0.3) is 5.56 Å². The van der Waals surface area contributed by atoms with Crippen molar-refractivity contribution >= 4 is 43.0 Å².